The normalized spacial score (nSPS) is 16.6. The first-order chi connectivity index (χ1) is 18.2. The lowest BCUT2D eigenvalue weighted by atomic mass is 10.0. The van der Waals surface area contributed by atoms with Crippen molar-refractivity contribution in [2.45, 2.75) is 12.3 Å². The SMILES string of the molecule is O=C(c1cccc(NC(=O)C2C[C@H]2c2ccccc2)c1)c1ccc2c(/C=C/c3ccccn3)n[nH]c2c1. The zero-order valence-electron chi connectivity index (χ0n) is 20.0. The number of carbonyl (C=O) groups excluding carboxylic acids is 2. The average Bonchev–Trinajstić information content (AvgIpc) is 3.66. The summed E-state index contributed by atoms with van der Waals surface area (Å²) in [7, 11) is 0. The number of rotatable bonds is 7. The Balaban J connectivity index is 1.16. The molecule has 6 rings (SSSR count). The summed E-state index contributed by atoms with van der Waals surface area (Å²) in [5.74, 6) is 0.0941. The second-order valence-corrected chi connectivity index (χ2v) is 9.22. The fraction of sp³-hybridized carbons (Fsp3) is 0.0968. The number of anilines is 1. The minimum absolute atomic E-state index is 0.0105. The lowest BCUT2D eigenvalue weighted by molar-refractivity contribution is -0.117. The highest BCUT2D eigenvalue weighted by molar-refractivity contribution is 6.11. The van der Waals surface area contributed by atoms with Gasteiger partial charge in [-0.15, -0.1) is 0 Å². The van der Waals surface area contributed by atoms with Crippen LogP contribution in [0.5, 0.6) is 0 Å². The van der Waals surface area contributed by atoms with Crippen molar-refractivity contribution in [1.82, 2.24) is 15.2 Å². The molecule has 0 saturated heterocycles. The average molecular weight is 485 g/mol. The van der Waals surface area contributed by atoms with Crippen LogP contribution in [0.1, 0.15) is 45.2 Å². The molecule has 1 fully saturated rings. The molecule has 5 aromatic rings. The van der Waals surface area contributed by atoms with E-state index in [9.17, 15) is 9.59 Å². The van der Waals surface area contributed by atoms with Gasteiger partial charge in [-0.25, -0.2) is 0 Å². The third-order valence-corrected chi connectivity index (χ3v) is 6.70. The maximum Gasteiger partial charge on any atom is 0.228 e. The zero-order valence-corrected chi connectivity index (χ0v) is 20.0. The molecule has 1 aliphatic carbocycles. The number of carbonyl (C=O) groups is 2. The van der Waals surface area contributed by atoms with Crippen LogP contribution in [0.4, 0.5) is 5.69 Å². The second kappa shape index (κ2) is 9.66. The van der Waals surface area contributed by atoms with Gasteiger partial charge in [0, 0.05) is 34.3 Å². The summed E-state index contributed by atoms with van der Waals surface area (Å²) in [6.07, 6.45) is 6.39. The van der Waals surface area contributed by atoms with Crippen molar-refractivity contribution in [3.63, 3.8) is 0 Å². The van der Waals surface area contributed by atoms with E-state index in [1.807, 2.05) is 66.7 Å². The quantitative estimate of drug-likeness (QED) is 0.273. The van der Waals surface area contributed by atoms with Gasteiger partial charge in [0.05, 0.1) is 16.9 Å². The van der Waals surface area contributed by atoms with E-state index in [0.29, 0.717) is 16.8 Å². The molecule has 2 aromatic heterocycles. The number of H-pyrrole nitrogens is 1. The van der Waals surface area contributed by atoms with Gasteiger partial charge in [0.1, 0.15) is 0 Å². The summed E-state index contributed by atoms with van der Waals surface area (Å²) >= 11 is 0. The lowest BCUT2D eigenvalue weighted by Gasteiger charge is -2.08. The van der Waals surface area contributed by atoms with E-state index in [0.717, 1.165) is 28.7 Å². The monoisotopic (exact) mass is 484 g/mol. The first-order valence-corrected chi connectivity index (χ1v) is 12.2. The molecule has 6 heteroatoms. The second-order valence-electron chi connectivity index (χ2n) is 9.22. The Morgan fingerprint density at radius 1 is 0.865 bits per heavy atom. The molecule has 6 nitrogen and oxygen atoms in total. The van der Waals surface area contributed by atoms with Crippen LogP contribution in [0.15, 0.2) is 97.2 Å². The van der Waals surface area contributed by atoms with Crippen LogP contribution in [0, 0.1) is 5.92 Å². The third kappa shape index (κ3) is 4.82. The molecule has 0 aliphatic heterocycles. The predicted octanol–water partition coefficient (Wildman–Crippen LogP) is 6.10. The fourth-order valence-electron chi connectivity index (χ4n) is 4.64. The lowest BCUT2D eigenvalue weighted by Crippen LogP contribution is -2.15. The molecule has 1 aliphatic rings. The van der Waals surface area contributed by atoms with Crippen LogP contribution in [0.25, 0.3) is 23.1 Å². The molecule has 2 atom stereocenters. The Labute approximate surface area is 214 Å². The molecule has 1 unspecified atom stereocenters. The van der Waals surface area contributed by atoms with Gasteiger partial charge in [0.25, 0.3) is 0 Å². The number of aromatic nitrogens is 3. The number of pyridine rings is 1. The number of hydrogen-bond donors (Lipinski definition) is 2. The number of benzene rings is 3. The van der Waals surface area contributed by atoms with Crippen LogP contribution in [-0.2, 0) is 4.79 Å². The summed E-state index contributed by atoms with van der Waals surface area (Å²) in [5, 5.41) is 11.3. The van der Waals surface area contributed by atoms with Gasteiger partial charge in [-0.2, -0.15) is 5.10 Å². The van der Waals surface area contributed by atoms with E-state index in [2.05, 4.69) is 32.6 Å². The van der Waals surface area contributed by atoms with E-state index >= 15 is 0 Å². The van der Waals surface area contributed by atoms with Crippen LogP contribution in [-0.4, -0.2) is 26.9 Å². The molecular formula is C31H24N4O2. The smallest absolute Gasteiger partial charge is 0.228 e. The van der Waals surface area contributed by atoms with Crippen molar-refractivity contribution in [2.75, 3.05) is 5.32 Å². The van der Waals surface area contributed by atoms with Crippen molar-refractivity contribution >= 4 is 40.4 Å². The molecule has 0 bridgehead atoms. The van der Waals surface area contributed by atoms with Gasteiger partial charge in [0.15, 0.2) is 5.78 Å². The number of amides is 1. The summed E-state index contributed by atoms with van der Waals surface area (Å²) < 4.78 is 0. The minimum atomic E-state index is -0.119. The maximum absolute atomic E-state index is 13.3. The molecule has 1 saturated carbocycles. The van der Waals surface area contributed by atoms with E-state index in [-0.39, 0.29) is 23.5 Å². The Kier molecular flexibility index (Phi) is 5.91. The van der Waals surface area contributed by atoms with Gasteiger partial charge in [-0.1, -0.05) is 54.6 Å². The number of nitrogens with zero attached hydrogens (tertiary/aromatic N) is 2. The maximum atomic E-state index is 13.3. The first kappa shape index (κ1) is 22.6. The summed E-state index contributed by atoms with van der Waals surface area (Å²) in [4.78, 5) is 30.3. The highest BCUT2D eigenvalue weighted by Crippen LogP contribution is 2.47. The Morgan fingerprint density at radius 3 is 2.54 bits per heavy atom. The van der Waals surface area contributed by atoms with E-state index < -0.39 is 0 Å². The third-order valence-electron chi connectivity index (χ3n) is 6.70. The minimum Gasteiger partial charge on any atom is -0.326 e. The van der Waals surface area contributed by atoms with Crippen LogP contribution in [0.2, 0.25) is 0 Å². The molecular weight excluding hydrogens is 460 g/mol. The topological polar surface area (TPSA) is 87.7 Å². The van der Waals surface area contributed by atoms with Gasteiger partial charge in [-0.3, -0.25) is 19.7 Å². The number of nitrogens with one attached hydrogen (secondary N) is 2. The predicted molar refractivity (Wildman–Crippen MR) is 145 cm³/mol. The van der Waals surface area contributed by atoms with Gasteiger partial charge in [0.2, 0.25) is 5.91 Å². The number of aromatic amines is 1. The van der Waals surface area contributed by atoms with Crippen LogP contribution in [0.3, 0.4) is 0 Å². The van der Waals surface area contributed by atoms with E-state index in [4.69, 9.17) is 0 Å². The van der Waals surface area contributed by atoms with Crippen molar-refractivity contribution in [3.05, 3.63) is 125 Å². The highest BCUT2D eigenvalue weighted by Gasteiger charge is 2.43. The highest BCUT2D eigenvalue weighted by atomic mass is 16.2. The standard InChI is InChI=1S/C31H24N4O2/c36-30(22-12-14-25-28(34-35-29(25)18-22)15-13-23-10-4-5-16-32-23)21-9-6-11-24(17-21)33-31(37)27-19-26(27)20-7-2-1-3-8-20/h1-18,26-27H,19H2,(H,33,37)(H,34,35)/b15-13+/t26-,27?/m0/s1. The van der Waals surface area contributed by atoms with E-state index in [1.165, 1.54) is 5.56 Å². The Hall–Kier alpha value is -4.84. The summed E-state index contributed by atoms with van der Waals surface area (Å²) in [5.41, 5.74) is 5.27. The fourth-order valence-corrected chi connectivity index (χ4v) is 4.64. The van der Waals surface area contributed by atoms with Gasteiger partial charge < -0.3 is 5.32 Å². The van der Waals surface area contributed by atoms with Crippen LogP contribution >= 0.6 is 0 Å². The Bertz CT molecular complexity index is 1620. The summed E-state index contributed by atoms with van der Waals surface area (Å²) in [6, 6.07) is 28.4. The Morgan fingerprint density at radius 2 is 1.70 bits per heavy atom. The van der Waals surface area contributed by atoms with Crippen LogP contribution < -0.4 is 5.32 Å². The number of fused-ring (bicyclic) bond motifs is 1. The summed E-state index contributed by atoms with van der Waals surface area (Å²) in [6.45, 7) is 0. The van der Waals surface area contributed by atoms with Crippen molar-refractivity contribution < 1.29 is 9.59 Å². The van der Waals surface area contributed by atoms with Crippen molar-refractivity contribution in [2.24, 2.45) is 5.92 Å². The number of hydrogen-bond acceptors (Lipinski definition) is 4. The first-order valence-electron chi connectivity index (χ1n) is 12.2. The zero-order chi connectivity index (χ0) is 25.2. The molecule has 3 aromatic carbocycles. The molecule has 1 amide bonds. The largest absolute Gasteiger partial charge is 0.326 e. The molecule has 2 heterocycles. The van der Waals surface area contributed by atoms with Gasteiger partial charge in [-0.05, 0) is 66.5 Å². The molecule has 180 valence electrons. The molecule has 37 heavy (non-hydrogen) atoms. The molecule has 0 radical (unpaired) electrons. The molecule has 2 N–H and O–H groups in total. The molecule has 0 spiro atoms. The van der Waals surface area contributed by atoms with Crippen molar-refractivity contribution in [3.8, 4) is 0 Å². The van der Waals surface area contributed by atoms with Gasteiger partial charge >= 0.3 is 0 Å². The van der Waals surface area contributed by atoms with E-state index in [1.54, 1.807) is 30.5 Å². The van der Waals surface area contributed by atoms with Crippen molar-refractivity contribution in [1.29, 1.82) is 0 Å². The number of ketones is 1.